The lowest BCUT2D eigenvalue weighted by atomic mass is 9.89. The molecule has 1 fully saturated rings. The van der Waals surface area contributed by atoms with E-state index in [1.54, 1.807) is 24.3 Å². The molecule has 0 bridgehead atoms. The van der Waals surface area contributed by atoms with Crippen molar-refractivity contribution in [2.24, 2.45) is 5.92 Å². The third-order valence-corrected chi connectivity index (χ3v) is 4.80. The van der Waals surface area contributed by atoms with E-state index in [2.05, 4.69) is 5.32 Å². The Balaban J connectivity index is 1.60. The number of ether oxygens (including phenoxy) is 1. The van der Waals surface area contributed by atoms with Crippen molar-refractivity contribution in [2.45, 2.75) is 45.1 Å². The number of carbonyl (C=O) groups excluding carboxylic acids is 2. The van der Waals surface area contributed by atoms with Crippen LogP contribution >= 0.6 is 0 Å². The van der Waals surface area contributed by atoms with Gasteiger partial charge in [0, 0.05) is 11.9 Å². The van der Waals surface area contributed by atoms with Crippen LogP contribution in [-0.4, -0.2) is 24.5 Å². The molecule has 0 radical (unpaired) electrons. The molecule has 0 spiro atoms. The molecule has 1 aromatic heterocycles. The second-order valence-corrected chi connectivity index (χ2v) is 6.78. The zero-order valence-electron chi connectivity index (χ0n) is 14.8. The number of amides is 1. The van der Waals surface area contributed by atoms with Gasteiger partial charge < -0.3 is 14.5 Å². The molecule has 6 nitrogen and oxygen atoms in total. The summed E-state index contributed by atoms with van der Waals surface area (Å²) >= 11 is 0. The van der Waals surface area contributed by atoms with Gasteiger partial charge in [0.1, 0.15) is 11.1 Å². The number of hydrogen-bond donors (Lipinski definition) is 1. The van der Waals surface area contributed by atoms with Crippen LogP contribution in [0.4, 0.5) is 0 Å². The van der Waals surface area contributed by atoms with Crippen LogP contribution in [0.1, 0.15) is 49.4 Å². The van der Waals surface area contributed by atoms with Crippen molar-refractivity contribution in [3.05, 3.63) is 46.3 Å². The molecule has 1 N–H and O–H groups in total. The van der Waals surface area contributed by atoms with Crippen LogP contribution in [0.5, 0.6) is 0 Å². The van der Waals surface area contributed by atoms with Crippen LogP contribution < -0.4 is 10.9 Å². The van der Waals surface area contributed by atoms with Gasteiger partial charge in [0.2, 0.25) is 0 Å². The quantitative estimate of drug-likeness (QED) is 0.657. The van der Waals surface area contributed by atoms with Crippen molar-refractivity contribution in [2.75, 3.05) is 6.54 Å². The number of benzene rings is 1. The molecule has 138 valence electrons. The molecule has 0 aliphatic heterocycles. The highest BCUT2D eigenvalue weighted by molar-refractivity contribution is 5.94. The van der Waals surface area contributed by atoms with Crippen LogP contribution in [0.25, 0.3) is 11.0 Å². The number of carbonyl (C=O) groups is 2. The zero-order valence-corrected chi connectivity index (χ0v) is 14.8. The fourth-order valence-electron chi connectivity index (χ4n) is 3.26. The van der Waals surface area contributed by atoms with E-state index < -0.39 is 17.7 Å². The first-order valence-electron chi connectivity index (χ1n) is 9.06. The van der Waals surface area contributed by atoms with Crippen LogP contribution in [0.3, 0.4) is 0 Å². The fourth-order valence-corrected chi connectivity index (χ4v) is 3.26. The Morgan fingerprint density at radius 2 is 1.96 bits per heavy atom. The monoisotopic (exact) mass is 357 g/mol. The van der Waals surface area contributed by atoms with E-state index in [1.807, 2.05) is 0 Å². The minimum Gasteiger partial charge on any atom is -0.449 e. The van der Waals surface area contributed by atoms with E-state index in [1.165, 1.54) is 32.3 Å². The molecule has 1 saturated carbocycles. The zero-order chi connectivity index (χ0) is 18.5. The molecule has 2 aromatic rings. The van der Waals surface area contributed by atoms with Crippen molar-refractivity contribution < 1.29 is 18.7 Å². The maximum Gasteiger partial charge on any atom is 0.351 e. The normalized spacial score (nSPS) is 16.2. The third-order valence-electron chi connectivity index (χ3n) is 4.80. The molecular formula is C20H23NO5. The summed E-state index contributed by atoms with van der Waals surface area (Å²) in [6, 6.07) is 8.32. The standard InChI is InChI=1S/C20H23NO5/c1-13(18(22)21-12-14-7-3-2-4-8-14)25-19(23)16-11-15-9-5-6-10-17(15)26-20(16)24/h5-6,9-11,13-14H,2-4,7-8,12H2,1H3,(H,21,22)/t13-/m0/s1. The Labute approximate surface area is 151 Å². The fraction of sp³-hybridized carbons (Fsp3) is 0.450. The molecule has 0 unspecified atom stereocenters. The van der Waals surface area contributed by atoms with E-state index in [0.29, 0.717) is 23.4 Å². The van der Waals surface area contributed by atoms with Crippen molar-refractivity contribution in [1.29, 1.82) is 0 Å². The molecule has 1 aliphatic carbocycles. The van der Waals surface area contributed by atoms with Gasteiger partial charge in [-0.05, 0) is 37.8 Å². The molecule has 3 rings (SSSR count). The molecule has 1 amide bonds. The lowest BCUT2D eigenvalue weighted by Gasteiger charge is -2.22. The first-order chi connectivity index (χ1) is 12.5. The minimum absolute atomic E-state index is 0.212. The SMILES string of the molecule is C[C@H](OC(=O)c1cc2ccccc2oc1=O)C(=O)NCC1CCCCC1. The number of para-hydroxylation sites is 1. The second kappa shape index (κ2) is 8.17. The molecule has 1 heterocycles. The van der Waals surface area contributed by atoms with Gasteiger partial charge in [-0.1, -0.05) is 37.5 Å². The molecular weight excluding hydrogens is 334 g/mol. The lowest BCUT2D eigenvalue weighted by Crippen LogP contribution is -2.39. The van der Waals surface area contributed by atoms with Crippen molar-refractivity contribution in [3.8, 4) is 0 Å². The number of hydrogen-bond acceptors (Lipinski definition) is 5. The van der Waals surface area contributed by atoms with Gasteiger partial charge in [-0.25, -0.2) is 9.59 Å². The Bertz CT molecular complexity index is 851. The van der Waals surface area contributed by atoms with Crippen molar-refractivity contribution >= 4 is 22.8 Å². The summed E-state index contributed by atoms with van der Waals surface area (Å²) in [5.41, 5.74) is -0.591. The number of nitrogens with one attached hydrogen (secondary N) is 1. The average Bonchev–Trinajstić information content (AvgIpc) is 2.66. The summed E-state index contributed by atoms with van der Waals surface area (Å²) < 4.78 is 10.3. The lowest BCUT2D eigenvalue weighted by molar-refractivity contribution is -0.129. The number of esters is 1. The highest BCUT2D eigenvalue weighted by Crippen LogP contribution is 2.22. The van der Waals surface area contributed by atoms with Crippen LogP contribution in [0.2, 0.25) is 0 Å². The first kappa shape index (κ1) is 18.2. The Kier molecular flexibility index (Phi) is 5.71. The van der Waals surface area contributed by atoms with E-state index in [4.69, 9.17) is 9.15 Å². The number of fused-ring (bicyclic) bond motifs is 1. The molecule has 26 heavy (non-hydrogen) atoms. The van der Waals surface area contributed by atoms with Gasteiger partial charge in [-0.15, -0.1) is 0 Å². The van der Waals surface area contributed by atoms with E-state index in [-0.39, 0.29) is 11.5 Å². The van der Waals surface area contributed by atoms with Gasteiger partial charge in [-0.2, -0.15) is 0 Å². The topological polar surface area (TPSA) is 85.6 Å². The largest absolute Gasteiger partial charge is 0.449 e. The van der Waals surface area contributed by atoms with Gasteiger partial charge in [0.05, 0.1) is 0 Å². The average molecular weight is 357 g/mol. The van der Waals surface area contributed by atoms with Crippen LogP contribution in [-0.2, 0) is 9.53 Å². The predicted octanol–water partition coefficient (Wildman–Crippen LogP) is 3.03. The summed E-state index contributed by atoms with van der Waals surface area (Å²) in [7, 11) is 0. The highest BCUT2D eigenvalue weighted by Gasteiger charge is 2.23. The first-order valence-corrected chi connectivity index (χ1v) is 9.06. The highest BCUT2D eigenvalue weighted by atomic mass is 16.5. The minimum atomic E-state index is -0.975. The van der Waals surface area contributed by atoms with Crippen LogP contribution in [0.15, 0.2) is 39.5 Å². The summed E-state index contributed by atoms with van der Waals surface area (Å²) in [5.74, 6) is -0.720. The Morgan fingerprint density at radius 3 is 2.73 bits per heavy atom. The van der Waals surface area contributed by atoms with E-state index in [0.717, 1.165) is 12.8 Å². The summed E-state index contributed by atoms with van der Waals surface area (Å²) in [4.78, 5) is 36.4. The summed E-state index contributed by atoms with van der Waals surface area (Å²) in [5, 5.41) is 3.45. The molecule has 1 atom stereocenters. The van der Waals surface area contributed by atoms with Crippen molar-refractivity contribution in [1.82, 2.24) is 5.32 Å². The predicted molar refractivity (Wildman–Crippen MR) is 96.9 cm³/mol. The Hall–Kier alpha value is -2.63. The van der Waals surface area contributed by atoms with Gasteiger partial charge in [-0.3, -0.25) is 4.79 Å². The molecule has 6 heteroatoms. The summed E-state index contributed by atoms with van der Waals surface area (Å²) in [6.45, 7) is 2.09. The number of rotatable bonds is 5. The van der Waals surface area contributed by atoms with Gasteiger partial charge in [0.15, 0.2) is 6.10 Å². The smallest absolute Gasteiger partial charge is 0.351 e. The van der Waals surface area contributed by atoms with E-state index in [9.17, 15) is 14.4 Å². The Morgan fingerprint density at radius 1 is 1.23 bits per heavy atom. The molecule has 1 aromatic carbocycles. The molecule has 1 aliphatic rings. The van der Waals surface area contributed by atoms with Crippen molar-refractivity contribution in [3.63, 3.8) is 0 Å². The van der Waals surface area contributed by atoms with Crippen LogP contribution in [0, 0.1) is 5.92 Å². The van der Waals surface area contributed by atoms with E-state index >= 15 is 0 Å². The van der Waals surface area contributed by atoms with Gasteiger partial charge >= 0.3 is 11.6 Å². The second-order valence-electron chi connectivity index (χ2n) is 6.78. The summed E-state index contributed by atoms with van der Waals surface area (Å²) in [6.07, 6.45) is 4.91. The third kappa shape index (κ3) is 4.31. The molecule has 0 saturated heterocycles. The van der Waals surface area contributed by atoms with Gasteiger partial charge in [0.25, 0.3) is 5.91 Å². The maximum atomic E-state index is 12.3. The maximum absolute atomic E-state index is 12.3.